The van der Waals surface area contributed by atoms with Crippen molar-refractivity contribution in [3.8, 4) is 0 Å². The van der Waals surface area contributed by atoms with Gasteiger partial charge in [0.2, 0.25) is 0 Å². The van der Waals surface area contributed by atoms with Gasteiger partial charge in [-0.3, -0.25) is 0 Å². The van der Waals surface area contributed by atoms with Gasteiger partial charge in [-0.25, -0.2) is 8.78 Å². The van der Waals surface area contributed by atoms with Gasteiger partial charge in [0.1, 0.15) is 32.7 Å². The Morgan fingerprint density at radius 1 is 1.20 bits per heavy atom. The van der Waals surface area contributed by atoms with Crippen molar-refractivity contribution in [3.05, 3.63) is 34.4 Å². The molecule has 140 valence electrons. The quantitative estimate of drug-likeness (QED) is 0.287. The maximum atomic E-state index is 14.3. The van der Waals surface area contributed by atoms with E-state index in [1.165, 1.54) is 0 Å². The van der Waals surface area contributed by atoms with Gasteiger partial charge in [-0.2, -0.15) is 13.2 Å². The van der Waals surface area contributed by atoms with Gasteiger partial charge in [0.05, 0.1) is 5.92 Å². The molecular formula is C16H17ClF5NOS. The fraction of sp³-hybridized carbons (Fsp3) is 0.562. The van der Waals surface area contributed by atoms with E-state index in [0.717, 1.165) is 12.1 Å². The normalized spacial score (nSPS) is 23.4. The van der Waals surface area contributed by atoms with Crippen LogP contribution in [0.2, 0.25) is 5.02 Å². The molecule has 2 nitrogen and oxygen atoms in total. The minimum atomic E-state index is -4.34. The minimum absolute atomic E-state index is 0.0619. The van der Waals surface area contributed by atoms with E-state index >= 15 is 0 Å². The molecular weight excluding hydrogens is 385 g/mol. The molecule has 9 heteroatoms. The van der Waals surface area contributed by atoms with Crippen molar-refractivity contribution in [1.82, 2.24) is 0 Å². The van der Waals surface area contributed by atoms with Crippen LogP contribution in [0.3, 0.4) is 0 Å². The maximum absolute atomic E-state index is 14.3. The number of halogens is 6. The molecule has 0 radical (unpaired) electrons. The first-order valence-electron chi connectivity index (χ1n) is 7.53. The lowest BCUT2D eigenvalue weighted by Crippen LogP contribution is -2.40. The molecule has 1 fully saturated rings. The summed E-state index contributed by atoms with van der Waals surface area (Å²) < 4.78 is 81.5. The lowest BCUT2D eigenvalue weighted by molar-refractivity contribution is -0.198. The molecule has 1 aliphatic carbocycles. The van der Waals surface area contributed by atoms with Crippen LogP contribution >= 0.6 is 11.6 Å². The summed E-state index contributed by atoms with van der Waals surface area (Å²) in [6, 6.07) is 1.98. The number of hydrogen-bond donors (Lipinski definition) is 0. The average molecular weight is 402 g/mol. The molecule has 0 saturated heterocycles. The van der Waals surface area contributed by atoms with E-state index in [9.17, 15) is 26.5 Å². The largest absolute Gasteiger partial charge is 0.591 e. The summed E-state index contributed by atoms with van der Waals surface area (Å²) in [6.45, 7) is 4.91. The van der Waals surface area contributed by atoms with Crippen LogP contribution in [0.15, 0.2) is 16.5 Å². The first-order valence-corrected chi connectivity index (χ1v) is 9.02. The van der Waals surface area contributed by atoms with Gasteiger partial charge >= 0.3 is 6.18 Å². The summed E-state index contributed by atoms with van der Waals surface area (Å²) >= 11 is 3.75. The Morgan fingerprint density at radius 3 is 2.24 bits per heavy atom. The number of benzene rings is 1. The summed E-state index contributed by atoms with van der Waals surface area (Å²) in [5.74, 6) is -4.32. The van der Waals surface area contributed by atoms with Crippen molar-refractivity contribution in [2.45, 2.75) is 44.5 Å². The van der Waals surface area contributed by atoms with Crippen LogP contribution in [-0.4, -0.2) is 21.2 Å². The van der Waals surface area contributed by atoms with Crippen LogP contribution in [0, 0.1) is 23.5 Å². The molecule has 1 aliphatic rings. The average Bonchev–Trinajstić information content (AvgIpc) is 2.40. The molecule has 25 heavy (non-hydrogen) atoms. The summed E-state index contributed by atoms with van der Waals surface area (Å²) in [6.07, 6.45) is -4.90. The molecule has 0 amide bonds. The first-order chi connectivity index (χ1) is 11.3. The van der Waals surface area contributed by atoms with Crippen LogP contribution in [0.1, 0.15) is 39.2 Å². The third-order valence-electron chi connectivity index (χ3n) is 4.00. The lowest BCUT2D eigenvalue weighted by Gasteiger charge is -2.37. The van der Waals surface area contributed by atoms with E-state index in [2.05, 4.69) is 4.40 Å². The van der Waals surface area contributed by atoms with E-state index in [4.69, 9.17) is 11.6 Å². The third kappa shape index (κ3) is 4.46. The molecule has 0 N–H and O–H groups in total. The highest BCUT2D eigenvalue weighted by atomic mass is 35.5. The van der Waals surface area contributed by atoms with Crippen molar-refractivity contribution < 1.29 is 26.5 Å². The fourth-order valence-electron chi connectivity index (χ4n) is 2.40. The smallest absolute Gasteiger partial charge is 0.391 e. The van der Waals surface area contributed by atoms with Crippen LogP contribution in [0.25, 0.3) is 0 Å². The summed E-state index contributed by atoms with van der Waals surface area (Å²) in [4.78, 5) is 0. The van der Waals surface area contributed by atoms with Crippen molar-refractivity contribution in [1.29, 1.82) is 0 Å². The Bertz CT molecular complexity index is 680. The Balaban J connectivity index is 2.42. The minimum Gasteiger partial charge on any atom is -0.591 e. The highest BCUT2D eigenvalue weighted by molar-refractivity contribution is 7.91. The van der Waals surface area contributed by atoms with Gasteiger partial charge in [0, 0.05) is 11.5 Å². The van der Waals surface area contributed by atoms with Gasteiger partial charge in [-0.1, -0.05) is 16.0 Å². The van der Waals surface area contributed by atoms with Gasteiger partial charge in [-0.15, -0.1) is 0 Å². The van der Waals surface area contributed by atoms with Gasteiger partial charge in [0.25, 0.3) is 0 Å². The molecule has 1 saturated carbocycles. The van der Waals surface area contributed by atoms with Crippen LogP contribution in [0.5, 0.6) is 0 Å². The predicted octanol–water partition coefficient (Wildman–Crippen LogP) is 5.46. The van der Waals surface area contributed by atoms with Gasteiger partial charge in [0.15, 0.2) is 5.82 Å². The SMILES string of the molecule is CC(C)(C)[S+]([O-])/N=C(/c1ccc(F)c(Cl)c1F)C1CC(C(F)(F)F)C1. The van der Waals surface area contributed by atoms with E-state index in [1.807, 2.05) is 0 Å². The Kier molecular flexibility index (Phi) is 5.76. The second-order valence-corrected chi connectivity index (χ2v) is 9.25. The zero-order chi connectivity index (χ0) is 19.2. The summed E-state index contributed by atoms with van der Waals surface area (Å²) in [5.41, 5.74) is -0.275. The topological polar surface area (TPSA) is 35.4 Å². The zero-order valence-corrected chi connectivity index (χ0v) is 15.3. The molecule has 1 aromatic rings. The van der Waals surface area contributed by atoms with Gasteiger partial charge in [-0.05, 0) is 45.7 Å². The first kappa shape index (κ1) is 20.5. The third-order valence-corrected chi connectivity index (χ3v) is 5.76. The van der Waals surface area contributed by atoms with Crippen molar-refractivity contribution in [3.63, 3.8) is 0 Å². The van der Waals surface area contributed by atoms with E-state index in [0.29, 0.717) is 0 Å². The number of rotatable bonds is 3. The standard InChI is InChI=1S/C16H17ClF5NOS/c1-15(2,3)25(24)23-14(8-6-9(7-8)16(20,21)22)10-4-5-11(18)12(17)13(10)19/h4-5,8-9H,6-7H2,1-3H3/b23-14+. The predicted molar refractivity (Wildman–Crippen MR) is 88.1 cm³/mol. The number of hydrogen-bond acceptors (Lipinski definition) is 2. The molecule has 0 heterocycles. The molecule has 0 spiro atoms. The monoisotopic (exact) mass is 401 g/mol. The second-order valence-electron chi connectivity index (χ2n) is 6.97. The van der Waals surface area contributed by atoms with E-state index in [-0.39, 0.29) is 24.1 Å². The van der Waals surface area contributed by atoms with Crippen LogP contribution < -0.4 is 0 Å². The van der Waals surface area contributed by atoms with Crippen LogP contribution in [0.4, 0.5) is 22.0 Å². The molecule has 1 atom stereocenters. The van der Waals surface area contributed by atoms with E-state index in [1.54, 1.807) is 20.8 Å². The zero-order valence-electron chi connectivity index (χ0n) is 13.8. The molecule has 1 unspecified atom stereocenters. The van der Waals surface area contributed by atoms with Gasteiger partial charge < -0.3 is 4.55 Å². The summed E-state index contributed by atoms with van der Waals surface area (Å²) in [5, 5.41) is -0.765. The second kappa shape index (κ2) is 7.04. The lowest BCUT2D eigenvalue weighted by atomic mass is 9.70. The van der Waals surface area contributed by atoms with Crippen molar-refractivity contribution in [2.75, 3.05) is 0 Å². The number of nitrogens with zero attached hydrogens (tertiary/aromatic N) is 1. The molecule has 0 aromatic heterocycles. The Labute approximate surface area is 150 Å². The van der Waals surface area contributed by atoms with Crippen molar-refractivity contribution >= 4 is 28.7 Å². The summed E-state index contributed by atoms with van der Waals surface area (Å²) in [7, 11) is 0. The molecule has 0 aliphatic heterocycles. The number of alkyl halides is 3. The van der Waals surface area contributed by atoms with Crippen LogP contribution in [-0.2, 0) is 11.4 Å². The van der Waals surface area contributed by atoms with Crippen molar-refractivity contribution in [2.24, 2.45) is 16.2 Å². The molecule has 2 rings (SSSR count). The highest BCUT2D eigenvalue weighted by Crippen LogP contribution is 2.46. The molecule has 1 aromatic carbocycles. The van der Waals surface area contributed by atoms with E-state index < -0.39 is 50.8 Å². The fourth-order valence-corrected chi connectivity index (χ4v) is 3.27. The highest BCUT2D eigenvalue weighted by Gasteiger charge is 2.50. The molecule has 0 bridgehead atoms. The maximum Gasteiger partial charge on any atom is 0.391 e. The Morgan fingerprint density at radius 2 is 1.76 bits per heavy atom. The Hall–Kier alpha value is -0.860.